The van der Waals surface area contributed by atoms with E-state index < -0.39 is 11.9 Å². The summed E-state index contributed by atoms with van der Waals surface area (Å²) in [5.74, 6) is -2.15. The van der Waals surface area contributed by atoms with Gasteiger partial charge in [-0.15, -0.1) is 0 Å². The second-order valence-electron chi connectivity index (χ2n) is 1.79. The predicted molar refractivity (Wildman–Crippen MR) is 42.0 cm³/mol. The van der Waals surface area contributed by atoms with E-state index in [4.69, 9.17) is 10.2 Å². The molecule has 0 aromatic carbocycles. The van der Waals surface area contributed by atoms with Crippen LogP contribution in [0.3, 0.4) is 0 Å². The Labute approximate surface area is 75.8 Å². The Balaban J connectivity index is 0. The molecular formula is C6H12O4Sn. The first kappa shape index (κ1) is 13.3. The Morgan fingerprint density at radius 1 is 1.09 bits per heavy atom. The fourth-order valence-corrected chi connectivity index (χ4v) is 0.214. The number of carbonyl (C=O) groups is 2. The molecule has 0 aromatic heterocycles. The summed E-state index contributed by atoms with van der Waals surface area (Å²) in [5, 5.41) is 15.8. The molecule has 0 fully saturated rings. The molecule has 0 bridgehead atoms. The number of rotatable bonds is 3. The summed E-state index contributed by atoms with van der Waals surface area (Å²) in [6, 6.07) is 0. The third-order valence-electron chi connectivity index (χ3n) is 0.553. The minimum absolute atomic E-state index is 0.230. The predicted octanol–water partition coefficient (Wildman–Crippen LogP) is 0.723. The Kier molecular flexibility index (Phi) is 11.8. The van der Waals surface area contributed by atoms with Gasteiger partial charge in [0.1, 0.15) is 0 Å². The zero-order valence-corrected chi connectivity index (χ0v) is 9.48. The van der Waals surface area contributed by atoms with Crippen molar-refractivity contribution in [3.05, 3.63) is 0 Å². The molecular weight excluding hydrogens is 255 g/mol. The molecule has 0 saturated heterocycles. The Bertz CT molecular complexity index is 110. The quantitative estimate of drug-likeness (QED) is 0.739. The molecule has 0 saturated carbocycles. The van der Waals surface area contributed by atoms with Crippen molar-refractivity contribution in [2.75, 3.05) is 0 Å². The molecule has 0 amide bonds. The first-order chi connectivity index (χ1) is 5.04. The van der Waals surface area contributed by atoms with Gasteiger partial charge in [-0.05, 0) is 0 Å². The van der Waals surface area contributed by atoms with Gasteiger partial charge in [0.2, 0.25) is 0 Å². The Hall–Kier alpha value is -0.261. The summed E-state index contributed by atoms with van der Waals surface area (Å²) in [6.07, 6.45) is -0.593. The van der Waals surface area contributed by atoms with Crippen LogP contribution >= 0.6 is 0 Å². The molecule has 2 N–H and O–H groups in total. The van der Waals surface area contributed by atoms with Crippen LogP contribution in [0, 0.1) is 0 Å². The van der Waals surface area contributed by atoms with E-state index in [9.17, 15) is 9.59 Å². The first-order valence-corrected chi connectivity index (χ1v) is 8.77. The van der Waals surface area contributed by atoms with Crippen molar-refractivity contribution in [3.63, 3.8) is 0 Å². The van der Waals surface area contributed by atoms with Crippen LogP contribution in [0.1, 0.15) is 12.8 Å². The average molecular weight is 267 g/mol. The number of hydrogen-bond acceptors (Lipinski definition) is 2. The zero-order valence-electron chi connectivity index (χ0n) is 6.63. The van der Waals surface area contributed by atoms with Gasteiger partial charge in [0.25, 0.3) is 0 Å². The van der Waals surface area contributed by atoms with E-state index in [1.165, 1.54) is 0 Å². The fourth-order valence-electron chi connectivity index (χ4n) is 0.214. The van der Waals surface area contributed by atoms with Gasteiger partial charge in [-0.25, -0.2) is 0 Å². The van der Waals surface area contributed by atoms with Crippen molar-refractivity contribution in [2.24, 2.45) is 0 Å². The van der Waals surface area contributed by atoms with Crippen LogP contribution in [0.4, 0.5) is 0 Å². The standard InChI is InChI=1S/C4H6O4.2CH3.Sn/c5-3(6)1-2-4(7)8;;;/h1-2H2,(H,5,6)(H,7,8);2*1H3;. The third-order valence-corrected chi connectivity index (χ3v) is 0.553. The van der Waals surface area contributed by atoms with Crippen molar-refractivity contribution < 1.29 is 19.8 Å². The third kappa shape index (κ3) is 26.0. The van der Waals surface area contributed by atoms with Crippen molar-refractivity contribution >= 4 is 33.1 Å². The molecule has 11 heavy (non-hydrogen) atoms. The molecule has 0 rings (SSSR count). The molecule has 0 atom stereocenters. The molecule has 5 heteroatoms. The molecule has 0 aromatic rings. The van der Waals surface area contributed by atoms with Crippen LogP contribution in [0.5, 0.6) is 0 Å². The van der Waals surface area contributed by atoms with Crippen molar-refractivity contribution in [1.82, 2.24) is 0 Å². The summed E-state index contributed by atoms with van der Waals surface area (Å²) < 4.78 is 0. The van der Waals surface area contributed by atoms with Crippen LogP contribution in [0.2, 0.25) is 9.88 Å². The van der Waals surface area contributed by atoms with Gasteiger partial charge >= 0.3 is 43.0 Å². The summed E-state index contributed by atoms with van der Waals surface area (Å²) in [7, 11) is 0. The van der Waals surface area contributed by atoms with E-state index in [0.717, 1.165) is 0 Å². The number of aliphatic carboxylic acids is 2. The van der Waals surface area contributed by atoms with Crippen LogP contribution in [-0.4, -0.2) is 43.3 Å². The summed E-state index contributed by atoms with van der Waals surface area (Å²) >= 11 is 0.230. The van der Waals surface area contributed by atoms with Crippen molar-refractivity contribution in [2.45, 2.75) is 22.7 Å². The molecule has 4 nitrogen and oxygen atoms in total. The topological polar surface area (TPSA) is 74.6 Å². The van der Waals surface area contributed by atoms with E-state index >= 15 is 0 Å². The number of carboxylic acids is 2. The summed E-state index contributed by atoms with van der Waals surface area (Å²) in [4.78, 5) is 23.9. The molecule has 0 unspecified atom stereocenters. The molecule has 2 radical (unpaired) electrons. The molecule has 0 heterocycles. The van der Waals surface area contributed by atoms with E-state index in [1.54, 1.807) is 0 Å². The van der Waals surface area contributed by atoms with Gasteiger partial charge in [-0.1, -0.05) is 0 Å². The number of carboxylic acid groups (broad SMARTS) is 2. The summed E-state index contributed by atoms with van der Waals surface area (Å²) in [6.45, 7) is 0. The van der Waals surface area contributed by atoms with E-state index in [1.807, 2.05) is 0 Å². The van der Waals surface area contributed by atoms with Crippen molar-refractivity contribution in [1.29, 1.82) is 0 Å². The van der Waals surface area contributed by atoms with Crippen LogP contribution < -0.4 is 0 Å². The van der Waals surface area contributed by atoms with Gasteiger partial charge < -0.3 is 10.2 Å². The SMILES string of the molecule is O=C(O)CCC(=O)O.[CH3][Sn][CH3]. The maximum absolute atomic E-state index is 9.64. The molecule has 0 aliphatic carbocycles. The van der Waals surface area contributed by atoms with Gasteiger partial charge in [0.15, 0.2) is 0 Å². The Morgan fingerprint density at radius 2 is 1.27 bits per heavy atom. The maximum atomic E-state index is 9.64. The summed E-state index contributed by atoms with van der Waals surface area (Å²) in [5.41, 5.74) is 0. The van der Waals surface area contributed by atoms with Crippen LogP contribution in [0.25, 0.3) is 0 Å². The number of hydrogen-bond donors (Lipinski definition) is 2. The van der Waals surface area contributed by atoms with E-state index in [-0.39, 0.29) is 34.0 Å². The second kappa shape index (κ2) is 9.74. The van der Waals surface area contributed by atoms with E-state index in [0.29, 0.717) is 0 Å². The second-order valence-corrected chi connectivity index (χ2v) is 4.64. The van der Waals surface area contributed by atoms with Crippen LogP contribution in [0.15, 0.2) is 0 Å². The van der Waals surface area contributed by atoms with Gasteiger partial charge in [-0.3, -0.25) is 9.59 Å². The molecule has 0 aliphatic heterocycles. The monoisotopic (exact) mass is 268 g/mol. The van der Waals surface area contributed by atoms with Crippen LogP contribution in [-0.2, 0) is 9.59 Å². The Morgan fingerprint density at radius 3 is 1.36 bits per heavy atom. The van der Waals surface area contributed by atoms with Crippen molar-refractivity contribution in [3.8, 4) is 0 Å². The molecule has 0 aliphatic rings. The normalized spacial score (nSPS) is 7.82. The van der Waals surface area contributed by atoms with Gasteiger partial charge in [0.05, 0.1) is 12.8 Å². The molecule has 0 spiro atoms. The minimum atomic E-state index is -1.08. The van der Waals surface area contributed by atoms with Gasteiger partial charge in [-0.2, -0.15) is 0 Å². The average Bonchev–Trinajstić information content (AvgIpc) is 1.85. The first-order valence-electron chi connectivity index (χ1n) is 3.06. The molecule has 64 valence electrons. The van der Waals surface area contributed by atoms with Gasteiger partial charge in [0, 0.05) is 0 Å². The fraction of sp³-hybridized carbons (Fsp3) is 0.667. The van der Waals surface area contributed by atoms with E-state index in [2.05, 4.69) is 9.88 Å². The zero-order chi connectivity index (χ0) is 9.28.